The van der Waals surface area contributed by atoms with Crippen molar-refractivity contribution in [3.05, 3.63) is 182 Å². The fourth-order valence-corrected chi connectivity index (χ4v) is 9.65. The van der Waals surface area contributed by atoms with Gasteiger partial charge in [0.25, 0.3) is 0 Å². The summed E-state index contributed by atoms with van der Waals surface area (Å²) in [5, 5.41) is 21.1. The minimum absolute atomic E-state index is 1.25. The van der Waals surface area contributed by atoms with Crippen molar-refractivity contribution in [2.75, 3.05) is 0 Å². The Kier molecular flexibility index (Phi) is 5.59. The smallest absolute Gasteiger partial charge is 0.000697 e. The molecular weight excluding hydrogens is 625 g/mol. The fraction of sp³-hybridized carbons (Fsp3) is 0. The van der Waals surface area contributed by atoms with Crippen LogP contribution in [0.25, 0.3) is 120 Å². The van der Waals surface area contributed by atoms with E-state index in [1.807, 2.05) is 0 Å². The molecule has 0 heteroatoms. The lowest BCUT2D eigenvalue weighted by Gasteiger charge is -2.19. The number of benzene rings is 10. The summed E-state index contributed by atoms with van der Waals surface area (Å²) >= 11 is 0. The number of rotatable bonds is 3. The van der Waals surface area contributed by atoms with Crippen LogP contribution >= 0.6 is 0 Å². The maximum absolute atomic E-state index is 2.52. The lowest BCUT2D eigenvalue weighted by atomic mass is 9.83. The molecular formula is C52H30. The molecule has 238 valence electrons. The van der Waals surface area contributed by atoms with Gasteiger partial charge in [-0.2, -0.15) is 0 Å². The van der Waals surface area contributed by atoms with Gasteiger partial charge in [-0.3, -0.25) is 0 Å². The molecule has 0 nitrogen and oxygen atoms in total. The predicted octanol–water partition coefficient (Wildman–Crippen LogP) is 14.8. The van der Waals surface area contributed by atoms with Gasteiger partial charge in [0.05, 0.1) is 0 Å². The highest BCUT2D eigenvalue weighted by molar-refractivity contribution is 6.45. The Morgan fingerprint density at radius 3 is 1.54 bits per heavy atom. The maximum Gasteiger partial charge on any atom is -0.000697 e. The van der Waals surface area contributed by atoms with E-state index in [1.165, 1.54) is 120 Å². The molecule has 0 saturated carbocycles. The largest absolute Gasteiger partial charge is 0.0622 e. The molecule has 12 rings (SSSR count). The first kappa shape index (κ1) is 28.0. The van der Waals surface area contributed by atoms with Crippen LogP contribution in [-0.4, -0.2) is 0 Å². The molecule has 0 heterocycles. The molecule has 12 aromatic rings. The van der Waals surface area contributed by atoms with E-state index in [4.69, 9.17) is 0 Å². The highest BCUT2D eigenvalue weighted by Crippen LogP contribution is 2.55. The van der Waals surface area contributed by atoms with Crippen LogP contribution in [0.2, 0.25) is 0 Å². The summed E-state index contributed by atoms with van der Waals surface area (Å²) in [6.07, 6.45) is 0. The quantitative estimate of drug-likeness (QED) is 0.166. The molecule has 0 amide bonds. The van der Waals surface area contributed by atoms with Crippen molar-refractivity contribution in [3.8, 4) is 33.4 Å². The Balaban J connectivity index is 1.39. The third-order valence-electron chi connectivity index (χ3n) is 11.7. The van der Waals surface area contributed by atoms with E-state index in [9.17, 15) is 0 Å². The lowest BCUT2D eigenvalue weighted by Crippen LogP contribution is -1.91. The van der Waals surface area contributed by atoms with E-state index in [0.717, 1.165) is 0 Å². The molecule has 12 aromatic carbocycles. The van der Waals surface area contributed by atoms with Crippen molar-refractivity contribution in [1.29, 1.82) is 0 Å². The van der Waals surface area contributed by atoms with Crippen molar-refractivity contribution >= 4 is 86.2 Å². The van der Waals surface area contributed by atoms with Gasteiger partial charge >= 0.3 is 0 Å². The molecule has 0 radical (unpaired) electrons. The topological polar surface area (TPSA) is 0 Å². The normalized spacial score (nSPS) is 12.2. The van der Waals surface area contributed by atoms with Gasteiger partial charge in [-0.1, -0.05) is 164 Å². The van der Waals surface area contributed by atoms with Crippen LogP contribution in [0.3, 0.4) is 0 Å². The molecule has 52 heavy (non-hydrogen) atoms. The zero-order valence-electron chi connectivity index (χ0n) is 28.3. The molecule has 0 atom stereocenters. The van der Waals surface area contributed by atoms with Gasteiger partial charge in [0, 0.05) is 0 Å². The van der Waals surface area contributed by atoms with E-state index < -0.39 is 0 Å². The summed E-state index contributed by atoms with van der Waals surface area (Å²) in [4.78, 5) is 0. The highest BCUT2D eigenvalue weighted by atomic mass is 14.3. The molecule has 0 aliphatic rings. The zero-order valence-corrected chi connectivity index (χ0v) is 28.3. The van der Waals surface area contributed by atoms with Gasteiger partial charge in [-0.25, -0.2) is 0 Å². The first-order chi connectivity index (χ1) is 25.8. The van der Waals surface area contributed by atoms with E-state index >= 15 is 0 Å². The minimum atomic E-state index is 1.25. The van der Waals surface area contributed by atoms with Gasteiger partial charge in [-0.05, 0) is 138 Å². The van der Waals surface area contributed by atoms with Gasteiger partial charge in [0.15, 0.2) is 0 Å². The Labute approximate surface area is 300 Å². The summed E-state index contributed by atoms with van der Waals surface area (Å²) in [5.41, 5.74) is 7.64. The molecule has 0 aromatic heterocycles. The number of fused-ring (bicyclic) bond motifs is 9. The standard InChI is InChI=1S/C52H30/c1-3-15-32(16-4-1)47-45-30-43-39-23-10-9-22-38(39)40-25-13-27-42(49(40)43)50(45)48(33-17-5-2-6-18-33)52-44-29-35(28-34-20-12-26-41(46(34)44)51(47)52)37-24-11-19-31-14-7-8-21-36(31)37/h1-30H. The van der Waals surface area contributed by atoms with Crippen molar-refractivity contribution in [1.82, 2.24) is 0 Å². The first-order valence-electron chi connectivity index (χ1n) is 18.2. The van der Waals surface area contributed by atoms with Crippen LogP contribution < -0.4 is 0 Å². The van der Waals surface area contributed by atoms with Crippen molar-refractivity contribution in [3.63, 3.8) is 0 Å². The average Bonchev–Trinajstić information content (AvgIpc) is 3.71. The van der Waals surface area contributed by atoms with E-state index in [0.29, 0.717) is 0 Å². The SMILES string of the molecule is c1ccc(-c2c3cc4c5ccccc5c5cccc(c3c(-c3ccccc3)c3c6cc(-c7cccc8ccccc78)cc7cccc(c23)c76)c54)cc1. The second kappa shape index (κ2) is 10.4. The first-order valence-corrected chi connectivity index (χ1v) is 18.2. The predicted molar refractivity (Wildman–Crippen MR) is 225 cm³/mol. The van der Waals surface area contributed by atoms with Gasteiger partial charge in [0.1, 0.15) is 0 Å². The maximum atomic E-state index is 2.52. The zero-order chi connectivity index (χ0) is 33.9. The number of hydrogen-bond donors (Lipinski definition) is 0. The summed E-state index contributed by atoms with van der Waals surface area (Å²) in [7, 11) is 0. The Hall–Kier alpha value is -6.76. The minimum Gasteiger partial charge on any atom is -0.0622 e. The van der Waals surface area contributed by atoms with Crippen LogP contribution in [-0.2, 0) is 0 Å². The Morgan fingerprint density at radius 1 is 0.212 bits per heavy atom. The molecule has 0 saturated heterocycles. The van der Waals surface area contributed by atoms with Crippen LogP contribution in [0.15, 0.2) is 182 Å². The summed E-state index contributed by atoms with van der Waals surface area (Å²) in [5.74, 6) is 0. The van der Waals surface area contributed by atoms with Gasteiger partial charge < -0.3 is 0 Å². The van der Waals surface area contributed by atoms with Crippen molar-refractivity contribution in [2.45, 2.75) is 0 Å². The highest BCUT2D eigenvalue weighted by Gasteiger charge is 2.26. The average molecular weight is 655 g/mol. The molecule has 0 aliphatic carbocycles. The number of hydrogen-bond acceptors (Lipinski definition) is 0. The van der Waals surface area contributed by atoms with Gasteiger partial charge in [0.2, 0.25) is 0 Å². The van der Waals surface area contributed by atoms with Crippen LogP contribution in [0, 0.1) is 0 Å². The second-order valence-electron chi connectivity index (χ2n) is 14.3. The molecule has 0 unspecified atom stereocenters. The summed E-state index contributed by atoms with van der Waals surface area (Å²) < 4.78 is 0. The summed E-state index contributed by atoms with van der Waals surface area (Å²) in [6, 6.07) is 68.0. The monoisotopic (exact) mass is 654 g/mol. The van der Waals surface area contributed by atoms with Crippen LogP contribution in [0.5, 0.6) is 0 Å². The molecule has 0 aliphatic heterocycles. The fourth-order valence-electron chi connectivity index (χ4n) is 9.65. The Morgan fingerprint density at radius 2 is 0.750 bits per heavy atom. The lowest BCUT2D eigenvalue weighted by molar-refractivity contribution is 1.68. The Bertz CT molecular complexity index is 3370. The van der Waals surface area contributed by atoms with E-state index in [2.05, 4.69) is 182 Å². The van der Waals surface area contributed by atoms with Crippen molar-refractivity contribution in [2.24, 2.45) is 0 Å². The van der Waals surface area contributed by atoms with E-state index in [-0.39, 0.29) is 0 Å². The molecule has 0 N–H and O–H groups in total. The molecule has 0 spiro atoms. The molecule has 0 fully saturated rings. The van der Waals surface area contributed by atoms with Crippen molar-refractivity contribution < 1.29 is 0 Å². The third-order valence-corrected chi connectivity index (χ3v) is 11.7. The van der Waals surface area contributed by atoms with Gasteiger partial charge in [-0.15, -0.1) is 0 Å². The van der Waals surface area contributed by atoms with Crippen LogP contribution in [0.4, 0.5) is 0 Å². The third kappa shape index (κ3) is 3.66. The summed E-state index contributed by atoms with van der Waals surface area (Å²) in [6.45, 7) is 0. The second-order valence-corrected chi connectivity index (χ2v) is 14.3. The van der Waals surface area contributed by atoms with E-state index in [1.54, 1.807) is 0 Å². The van der Waals surface area contributed by atoms with Crippen LogP contribution in [0.1, 0.15) is 0 Å². The molecule has 0 bridgehead atoms.